The van der Waals surface area contributed by atoms with Crippen molar-refractivity contribution >= 4 is 0 Å². The van der Waals surface area contributed by atoms with Crippen molar-refractivity contribution < 1.29 is 0 Å². The van der Waals surface area contributed by atoms with Crippen LogP contribution in [0.25, 0.3) is 0 Å². The first-order valence-electron chi connectivity index (χ1n) is 2.66. The Kier molecular flexibility index (Phi) is 1.22. The van der Waals surface area contributed by atoms with Gasteiger partial charge in [0.2, 0.25) is 0 Å². The highest BCUT2D eigenvalue weighted by Gasteiger charge is 1.83. The minimum absolute atomic E-state index is 1.15. The summed E-state index contributed by atoms with van der Waals surface area (Å²) in [6, 6.07) is 0. The van der Waals surface area contributed by atoms with E-state index in [9.17, 15) is 0 Å². The van der Waals surface area contributed by atoms with E-state index in [1.807, 2.05) is 26.0 Å². The minimum Gasteiger partial charge on any atom is -0.0668 e. The van der Waals surface area contributed by atoms with Gasteiger partial charge in [-0.05, 0) is 25.0 Å². The van der Waals surface area contributed by atoms with Gasteiger partial charge >= 0.3 is 0 Å². The Morgan fingerprint density at radius 2 is 1.38 bits per heavy atom. The maximum absolute atomic E-state index is 2.97. The molecular formula is C8H8. The molecule has 40 valence electrons. The Morgan fingerprint density at radius 1 is 1.00 bits per heavy atom. The summed E-state index contributed by atoms with van der Waals surface area (Å²) in [4.78, 5) is 0. The Hall–Kier alpha value is -0.960. The fourth-order valence-electron chi connectivity index (χ4n) is 0.531. The van der Waals surface area contributed by atoms with Crippen LogP contribution in [-0.4, -0.2) is 0 Å². The molecule has 0 bridgehead atoms. The third kappa shape index (κ3) is 1.01. The SMILES string of the molecule is CC1=C=C=C(C)C=C1. The molecule has 0 aliphatic heterocycles. The van der Waals surface area contributed by atoms with Crippen LogP contribution in [0.15, 0.2) is 34.8 Å². The van der Waals surface area contributed by atoms with Crippen LogP contribution in [0.3, 0.4) is 0 Å². The highest BCUT2D eigenvalue weighted by atomic mass is 13.9. The second kappa shape index (κ2) is 1.88. The first kappa shape index (κ1) is 5.18. The molecular weight excluding hydrogens is 96.1 g/mol. The van der Waals surface area contributed by atoms with Gasteiger partial charge in [0.05, 0.1) is 0 Å². The molecule has 0 amide bonds. The Morgan fingerprint density at radius 3 is 1.62 bits per heavy atom. The van der Waals surface area contributed by atoms with Crippen LogP contribution < -0.4 is 0 Å². The summed E-state index contributed by atoms with van der Waals surface area (Å²) < 4.78 is 0. The van der Waals surface area contributed by atoms with E-state index in [0.29, 0.717) is 0 Å². The summed E-state index contributed by atoms with van der Waals surface area (Å²) in [6.07, 6.45) is 4.07. The summed E-state index contributed by atoms with van der Waals surface area (Å²) in [7, 11) is 0. The van der Waals surface area contributed by atoms with Crippen LogP contribution in [0, 0.1) is 0 Å². The third-order valence-electron chi connectivity index (χ3n) is 1.04. The van der Waals surface area contributed by atoms with Gasteiger partial charge in [-0.25, -0.2) is 0 Å². The molecule has 0 aromatic rings. The van der Waals surface area contributed by atoms with E-state index in [0.717, 1.165) is 11.1 Å². The van der Waals surface area contributed by atoms with Gasteiger partial charge < -0.3 is 0 Å². The van der Waals surface area contributed by atoms with Gasteiger partial charge in [-0.1, -0.05) is 23.6 Å². The van der Waals surface area contributed by atoms with E-state index in [4.69, 9.17) is 0 Å². The van der Waals surface area contributed by atoms with E-state index in [1.165, 1.54) is 0 Å². The molecule has 0 radical (unpaired) electrons. The molecule has 0 atom stereocenters. The average Bonchev–Trinajstić information content (AvgIpc) is 1.77. The summed E-state index contributed by atoms with van der Waals surface area (Å²) >= 11 is 0. The fraction of sp³-hybridized carbons (Fsp3) is 0.250. The van der Waals surface area contributed by atoms with Crippen molar-refractivity contribution in [1.29, 1.82) is 0 Å². The maximum Gasteiger partial charge on any atom is -0.000683 e. The summed E-state index contributed by atoms with van der Waals surface area (Å²) in [5, 5.41) is 0. The van der Waals surface area contributed by atoms with Crippen molar-refractivity contribution in [3.63, 3.8) is 0 Å². The number of hydrogen-bond donors (Lipinski definition) is 0. The third-order valence-corrected chi connectivity index (χ3v) is 1.04. The van der Waals surface area contributed by atoms with Crippen molar-refractivity contribution in [3.05, 3.63) is 34.8 Å². The molecule has 0 N–H and O–H groups in total. The Bertz CT molecular complexity index is 192. The maximum atomic E-state index is 2.97. The second-order valence-corrected chi connectivity index (χ2v) is 1.95. The van der Waals surface area contributed by atoms with Gasteiger partial charge in [0.15, 0.2) is 0 Å². The smallest absolute Gasteiger partial charge is 0.000683 e. The first-order valence-corrected chi connectivity index (χ1v) is 2.66. The minimum atomic E-state index is 1.15. The highest BCUT2D eigenvalue weighted by molar-refractivity contribution is 5.29. The van der Waals surface area contributed by atoms with Crippen molar-refractivity contribution in [2.45, 2.75) is 13.8 Å². The largest absolute Gasteiger partial charge is 0.0668 e. The molecule has 1 aliphatic rings. The lowest BCUT2D eigenvalue weighted by Gasteiger charge is -1.88. The molecule has 0 aromatic heterocycles. The lowest BCUT2D eigenvalue weighted by molar-refractivity contribution is 1.45. The fourth-order valence-corrected chi connectivity index (χ4v) is 0.531. The Labute approximate surface area is 49.5 Å². The number of hydrogen-bond acceptors (Lipinski definition) is 0. The standard InChI is InChI=1S/C8H8/c1-7-3-5-8(2)6-4-7/h3,5H,1-2H3. The zero-order chi connectivity index (χ0) is 5.98. The summed E-state index contributed by atoms with van der Waals surface area (Å²) in [5.74, 6) is 0. The van der Waals surface area contributed by atoms with E-state index in [2.05, 4.69) is 11.5 Å². The molecule has 0 nitrogen and oxygen atoms in total. The van der Waals surface area contributed by atoms with Gasteiger partial charge in [0.1, 0.15) is 0 Å². The van der Waals surface area contributed by atoms with Gasteiger partial charge in [0.25, 0.3) is 0 Å². The van der Waals surface area contributed by atoms with Crippen LogP contribution in [0.2, 0.25) is 0 Å². The van der Waals surface area contributed by atoms with Crippen LogP contribution >= 0.6 is 0 Å². The second-order valence-electron chi connectivity index (χ2n) is 1.95. The molecule has 8 heavy (non-hydrogen) atoms. The van der Waals surface area contributed by atoms with Crippen LogP contribution in [-0.2, 0) is 0 Å². The normalized spacial score (nSPS) is 15.8. The molecule has 0 spiro atoms. The van der Waals surface area contributed by atoms with E-state index >= 15 is 0 Å². The molecule has 1 rings (SSSR count). The van der Waals surface area contributed by atoms with Crippen LogP contribution in [0.5, 0.6) is 0 Å². The number of allylic oxidation sites excluding steroid dienone is 4. The quantitative estimate of drug-likeness (QED) is 0.413. The van der Waals surface area contributed by atoms with Crippen molar-refractivity contribution in [3.8, 4) is 0 Å². The topological polar surface area (TPSA) is 0 Å². The lowest BCUT2D eigenvalue weighted by Crippen LogP contribution is -1.70. The predicted octanol–water partition coefficient (Wildman–Crippen LogP) is 2.20. The predicted molar refractivity (Wildman–Crippen MR) is 34.5 cm³/mol. The Balaban J connectivity index is 3.19. The zero-order valence-corrected chi connectivity index (χ0v) is 5.15. The van der Waals surface area contributed by atoms with E-state index in [1.54, 1.807) is 0 Å². The highest BCUT2D eigenvalue weighted by Crippen LogP contribution is 2.01. The zero-order valence-electron chi connectivity index (χ0n) is 5.15. The molecule has 0 saturated carbocycles. The van der Waals surface area contributed by atoms with Gasteiger partial charge in [-0.2, -0.15) is 0 Å². The van der Waals surface area contributed by atoms with E-state index < -0.39 is 0 Å². The molecule has 0 fully saturated rings. The van der Waals surface area contributed by atoms with Gasteiger partial charge in [-0.3, -0.25) is 0 Å². The van der Waals surface area contributed by atoms with Crippen molar-refractivity contribution in [2.24, 2.45) is 0 Å². The number of rotatable bonds is 0. The van der Waals surface area contributed by atoms with Crippen LogP contribution in [0.4, 0.5) is 0 Å². The van der Waals surface area contributed by atoms with Gasteiger partial charge in [0, 0.05) is 0 Å². The molecule has 0 saturated heterocycles. The molecule has 0 aromatic carbocycles. The monoisotopic (exact) mass is 104 g/mol. The van der Waals surface area contributed by atoms with E-state index in [-0.39, 0.29) is 0 Å². The van der Waals surface area contributed by atoms with Crippen molar-refractivity contribution in [2.75, 3.05) is 0 Å². The van der Waals surface area contributed by atoms with Crippen LogP contribution in [0.1, 0.15) is 13.8 Å². The average molecular weight is 104 g/mol. The molecule has 0 heterocycles. The summed E-state index contributed by atoms with van der Waals surface area (Å²) in [5.41, 5.74) is 8.25. The lowest BCUT2D eigenvalue weighted by atomic mass is 10.2. The first-order chi connectivity index (χ1) is 3.79. The van der Waals surface area contributed by atoms with Gasteiger partial charge in [-0.15, -0.1) is 0 Å². The molecule has 0 heteroatoms. The summed E-state index contributed by atoms with van der Waals surface area (Å²) in [6.45, 7) is 4.02. The molecule has 0 unspecified atom stereocenters. The molecule has 1 aliphatic carbocycles. The van der Waals surface area contributed by atoms with Crippen molar-refractivity contribution in [1.82, 2.24) is 0 Å².